The molecule has 0 saturated heterocycles. The molecule has 1 aliphatic carbocycles. The molecule has 0 aliphatic heterocycles. The molecule has 0 radical (unpaired) electrons. The van der Waals surface area contributed by atoms with E-state index >= 15 is 0 Å². The normalized spacial score (nSPS) is 18.2. The summed E-state index contributed by atoms with van der Waals surface area (Å²) in [6, 6.07) is 0.285. The number of amides is 1. The van der Waals surface area contributed by atoms with Crippen molar-refractivity contribution in [2.45, 2.75) is 46.1 Å². The largest absolute Gasteiger partial charge is 0.481 e. The molecule has 0 aromatic heterocycles. The minimum atomic E-state index is -1.00. The zero-order chi connectivity index (χ0) is 14.6. The third-order valence-corrected chi connectivity index (χ3v) is 4.13. The lowest BCUT2D eigenvalue weighted by atomic mass is 9.76. The van der Waals surface area contributed by atoms with Crippen LogP contribution in [0.4, 0.5) is 0 Å². The molecule has 1 saturated carbocycles. The van der Waals surface area contributed by atoms with Gasteiger partial charge < -0.3 is 14.7 Å². The van der Waals surface area contributed by atoms with Crippen molar-refractivity contribution in [2.24, 2.45) is 11.3 Å². The topological polar surface area (TPSA) is 66.8 Å². The number of hydrogen-bond donors (Lipinski definition) is 1. The summed E-state index contributed by atoms with van der Waals surface area (Å²) in [5, 5.41) is 9.37. The van der Waals surface area contributed by atoms with Crippen molar-refractivity contribution in [3.63, 3.8) is 0 Å². The summed E-state index contributed by atoms with van der Waals surface area (Å²) in [6.07, 6.45) is 2.09. The summed E-state index contributed by atoms with van der Waals surface area (Å²) in [5.74, 6) is -1.06. The first kappa shape index (κ1) is 16.0. The first-order valence-electron chi connectivity index (χ1n) is 6.84. The van der Waals surface area contributed by atoms with Gasteiger partial charge in [-0.3, -0.25) is 9.59 Å². The number of rotatable bonds is 8. The van der Waals surface area contributed by atoms with E-state index in [4.69, 9.17) is 4.74 Å². The van der Waals surface area contributed by atoms with E-state index in [0.29, 0.717) is 13.2 Å². The average Bonchev–Trinajstić information content (AvgIpc) is 3.13. The molecule has 5 nitrogen and oxygen atoms in total. The van der Waals surface area contributed by atoms with Crippen LogP contribution in [0.2, 0.25) is 0 Å². The Morgan fingerprint density at radius 3 is 2.37 bits per heavy atom. The molecule has 1 amide bonds. The Kier molecular flexibility index (Phi) is 5.35. The molecular weight excluding hydrogens is 246 g/mol. The molecule has 5 heteroatoms. The SMILES string of the molecule is COCCN(C(=O)CC(C)(C(=O)O)C(C)C)C1CC1. The molecule has 1 unspecified atom stereocenters. The van der Waals surface area contributed by atoms with Crippen LogP contribution in [0.15, 0.2) is 0 Å². The third-order valence-electron chi connectivity index (χ3n) is 4.13. The fourth-order valence-electron chi connectivity index (χ4n) is 2.03. The highest BCUT2D eigenvalue weighted by molar-refractivity contribution is 5.85. The molecule has 0 bridgehead atoms. The summed E-state index contributed by atoms with van der Waals surface area (Å²) in [6.45, 7) is 6.39. The number of carbonyl (C=O) groups is 2. The smallest absolute Gasteiger partial charge is 0.310 e. The molecule has 110 valence electrons. The highest BCUT2D eigenvalue weighted by atomic mass is 16.5. The molecular formula is C14H25NO4. The van der Waals surface area contributed by atoms with Crippen LogP contribution >= 0.6 is 0 Å². The van der Waals surface area contributed by atoms with Gasteiger partial charge in [0, 0.05) is 26.1 Å². The Morgan fingerprint density at radius 1 is 1.42 bits per heavy atom. The Hall–Kier alpha value is -1.10. The van der Waals surface area contributed by atoms with E-state index in [9.17, 15) is 14.7 Å². The van der Waals surface area contributed by atoms with Gasteiger partial charge in [0.15, 0.2) is 0 Å². The predicted octanol–water partition coefficient (Wildman–Crippen LogP) is 1.76. The first-order valence-corrected chi connectivity index (χ1v) is 6.84. The molecule has 1 rings (SSSR count). The molecule has 19 heavy (non-hydrogen) atoms. The summed E-state index contributed by atoms with van der Waals surface area (Å²) >= 11 is 0. The Labute approximate surface area is 114 Å². The Morgan fingerprint density at radius 2 is 2.00 bits per heavy atom. The van der Waals surface area contributed by atoms with E-state index in [1.807, 2.05) is 13.8 Å². The van der Waals surface area contributed by atoms with E-state index in [0.717, 1.165) is 12.8 Å². The van der Waals surface area contributed by atoms with Gasteiger partial charge in [-0.05, 0) is 25.7 Å². The molecule has 1 N–H and O–H groups in total. The van der Waals surface area contributed by atoms with Crippen molar-refractivity contribution in [2.75, 3.05) is 20.3 Å². The number of hydrogen-bond acceptors (Lipinski definition) is 3. The van der Waals surface area contributed by atoms with Crippen LogP contribution in [0, 0.1) is 11.3 Å². The molecule has 1 atom stereocenters. The van der Waals surface area contributed by atoms with Crippen LogP contribution in [0.25, 0.3) is 0 Å². The number of carbonyl (C=O) groups excluding carboxylic acids is 1. The first-order chi connectivity index (χ1) is 8.82. The van der Waals surface area contributed by atoms with Crippen LogP contribution in [0.3, 0.4) is 0 Å². The molecule has 1 fully saturated rings. The summed E-state index contributed by atoms with van der Waals surface area (Å²) < 4.78 is 5.02. The van der Waals surface area contributed by atoms with Crippen LogP contribution in [-0.4, -0.2) is 48.2 Å². The van der Waals surface area contributed by atoms with Crippen LogP contribution in [0.5, 0.6) is 0 Å². The number of ether oxygens (including phenoxy) is 1. The van der Waals surface area contributed by atoms with Crippen LogP contribution in [-0.2, 0) is 14.3 Å². The van der Waals surface area contributed by atoms with E-state index in [-0.39, 0.29) is 24.3 Å². The van der Waals surface area contributed by atoms with E-state index in [1.165, 1.54) is 0 Å². The van der Waals surface area contributed by atoms with Crippen molar-refractivity contribution < 1.29 is 19.4 Å². The third kappa shape index (κ3) is 3.93. The maximum Gasteiger partial charge on any atom is 0.310 e. The minimum Gasteiger partial charge on any atom is -0.481 e. The number of aliphatic carboxylic acids is 1. The van der Waals surface area contributed by atoms with Crippen molar-refractivity contribution >= 4 is 11.9 Å². The van der Waals surface area contributed by atoms with Gasteiger partial charge in [0.1, 0.15) is 0 Å². The lowest BCUT2D eigenvalue weighted by Gasteiger charge is -2.31. The summed E-state index contributed by atoms with van der Waals surface area (Å²) in [5.41, 5.74) is -1.00. The van der Waals surface area contributed by atoms with Crippen LogP contribution in [0.1, 0.15) is 40.0 Å². The molecule has 0 aromatic carbocycles. The van der Waals surface area contributed by atoms with Gasteiger partial charge in [-0.25, -0.2) is 0 Å². The summed E-state index contributed by atoms with van der Waals surface area (Å²) in [4.78, 5) is 25.6. The highest BCUT2D eigenvalue weighted by Gasteiger charge is 2.42. The minimum absolute atomic E-state index is 0.0558. The Balaban J connectivity index is 2.71. The van der Waals surface area contributed by atoms with Gasteiger partial charge in [0.25, 0.3) is 0 Å². The standard InChI is InChI=1S/C14H25NO4/c1-10(2)14(3,13(17)18)9-12(16)15(7-8-19-4)11-5-6-11/h10-11H,5-9H2,1-4H3,(H,17,18). The van der Waals surface area contributed by atoms with Gasteiger partial charge in [-0.1, -0.05) is 13.8 Å². The zero-order valence-electron chi connectivity index (χ0n) is 12.3. The quantitative estimate of drug-likeness (QED) is 0.730. The number of carboxylic acids is 1. The zero-order valence-corrected chi connectivity index (χ0v) is 12.3. The fourth-order valence-corrected chi connectivity index (χ4v) is 2.03. The van der Waals surface area contributed by atoms with Gasteiger partial charge in [0.05, 0.1) is 12.0 Å². The van der Waals surface area contributed by atoms with Gasteiger partial charge in [-0.2, -0.15) is 0 Å². The summed E-state index contributed by atoms with van der Waals surface area (Å²) in [7, 11) is 1.60. The second-order valence-corrected chi connectivity index (χ2v) is 5.87. The predicted molar refractivity (Wildman–Crippen MR) is 71.8 cm³/mol. The lowest BCUT2D eigenvalue weighted by molar-refractivity contribution is -0.155. The number of carboxylic acid groups (broad SMARTS) is 1. The second-order valence-electron chi connectivity index (χ2n) is 5.87. The maximum atomic E-state index is 12.4. The molecule has 0 spiro atoms. The highest BCUT2D eigenvalue weighted by Crippen LogP contribution is 2.34. The number of nitrogens with zero attached hydrogens (tertiary/aromatic N) is 1. The fraction of sp³-hybridized carbons (Fsp3) is 0.857. The van der Waals surface area contributed by atoms with E-state index in [1.54, 1.807) is 18.9 Å². The lowest BCUT2D eigenvalue weighted by Crippen LogP contribution is -2.43. The van der Waals surface area contributed by atoms with E-state index < -0.39 is 11.4 Å². The van der Waals surface area contributed by atoms with Gasteiger partial charge in [0.2, 0.25) is 5.91 Å². The second kappa shape index (κ2) is 6.37. The molecule has 1 aliphatic rings. The maximum absolute atomic E-state index is 12.4. The van der Waals surface area contributed by atoms with Gasteiger partial charge in [-0.15, -0.1) is 0 Å². The van der Waals surface area contributed by atoms with Crippen molar-refractivity contribution in [3.05, 3.63) is 0 Å². The number of methoxy groups -OCH3 is 1. The molecule has 0 heterocycles. The Bertz CT molecular complexity index is 338. The van der Waals surface area contributed by atoms with Crippen molar-refractivity contribution in [3.8, 4) is 0 Å². The van der Waals surface area contributed by atoms with Crippen LogP contribution < -0.4 is 0 Å². The monoisotopic (exact) mass is 271 g/mol. The van der Waals surface area contributed by atoms with Crippen molar-refractivity contribution in [1.82, 2.24) is 4.90 Å². The van der Waals surface area contributed by atoms with E-state index in [2.05, 4.69) is 0 Å². The van der Waals surface area contributed by atoms with Crippen molar-refractivity contribution in [1.29, 1.82) is 0 Å². The van der Waals surface area contributed by atoms with Gasteiger partial charge >= 0.3 is 5.97 Å². The average molecular weight is 271 g/mol. The molecule has 0 aromatic rings.